The highest BCUT2D eigenvalue weighted by molar-refractivity contribution is 5.64. The molecule has 0 saturated heterocycles. The summed E-state index contributed by atoms with van der Waals surface area (Å²) < 4.78 is 25.0. The molecule has 0 saturated carbocycles. The van der Waals surface area contributed by atoms with Crippen LogP contribution >= 0.6 is 0 Å². The van der Waals surface area contributed by atoms with Crippen molar-refractivity contribution in [3.05, 3.63) is 18.2 Å². The molecule has 0 aliphatic heterocycles. The van der Waals surface area contributed by atoms with Crippen molar-refractivity contribution in [3.63, 3.8) is 0 Å². The molecule has 6 heteroatoms. The zero-order valence-electron chi connectivity index (χ0n) is 12.0. The lowest BCUT2D eigenvalue weighted by Crippen LogP contribution is -2.12. The first kappa shape index (κ1) is 16.1. The average molecular weight is 284 g/mol. The summed E-state index contributed by atoms with van der Waals surface area (Å²) in [6.45, 7) is 0.939. The predicted molar refractivity (Wildman–Crippen MR) is 72.6 cm³/mol. The maximum atomic E-state index is 11.5. The zero-order chi connectivity index (χ0) is 14.8. The number of ether oxygens (including phenoxy) is 5. The van der Waals surface area contributed by atoms with Crippen LogP contribution in [-0.4, -0.2) is 40.7 Å². The molecule has 0 N–H and O–H groups in total. The van der Waals surface area contributed by atoms with Crippen LogP contribution in [-0.2, 0) is 9.47 Å². The molecule has 0 bridgehead atoms. The molecule has 0 unspecified atom stereocenters. The second kappa shape index (κ2) is 9.03. The number of hydrogen-bond acceptors (Lipinski definition) is 6. The van der Waals surface area contributed by atoms with Crippen LogP contribution < -0.4 is 14.2 Å². The fourth-order valence-electron chi connectivity index (χ4n) is 1.47. The Morgan fingerprint density at radius 1 is 0.900 bits per heavy atom. The van der Waals surface area contributed by atoms with Crippen LogP contribution in [0.25, 0.3) is 0 Å². The molecule has 0 atom stereocenters. The number of methoxy groups -OCH3 is 3. The summed E-state index contributed by atoms with van der Waals surface area (Å²) >= 11 is 0. The van der Waals surface area contributed by atoms with Gasteiger partial charge in [-0.25, -0.2) is 4.79 Å². The summed E-state index contributed by atoms with van der Waals surface area (Å²) in [5, 5.41) is 0. The van der Waals surface area contributed by atoms with E-state index in [1.54, 1.807) is 25.3 Å². The van der Waals surface area contributed by atoms with Crippen molar-refractivity contribution in [2.75, 3.05) is 34.5 Å². The summed E-state index contributed by atoms with van der Waals surface area (Å²) in [5.41, 5.74) is 0. The van der Waals surface area contributed by atoms with E-state index in [1.165, 1.54) is 14.2 Å². The molecule has 1 aromatic rings. The third-order valence-electron chi connectivity index (χ3n) is 2.49. The van der Waals surface area contributed by atoms with Crippen molar-refractivity contribution in [1.82, 2.24) is 0 Å². The molecule has 0 amide bonds. The van der Waals surface area contributed by atoms with E-state index < -0.39 is 6.16 Å². The first-order chi connectivity index (χ1) is 9.69. The van der Waals surface area contributed by atoms with Crippen LogP contribution in [0.2, 0.25) is 0 Å². The minimum atomic E-state index is -0.752. The summed E-state index contributed by atoms with van der Waals surface area (Å²) in [7, 11) is 4.67. The lowest BCUT2D eigenvalue weighted by molar-refractivity contribution is 0.0939. The van der Waals surface area contributed by atoms with Crippen molar-refractivity contribution in [3.8, 4) is 17.2 Å². The van der Waals surface area contributed by atoms with Gasteiger partial charge in [-0.15, -0.1) is 0 Å². The molecule has 112 valence electrons. The van der Waals surface area contributed by atoms with Gasteiger partial charge in [0.2, 0.25) is 0 Å². The largest absolute Gasteiger partial charge is 0.513 e. The van der Waals surface area contributed by atoms with E-state index in [4.69, 9.17) is 23.7 Å². The number of hydrogen-bond donors (Lipinski definition) is 0. The van der Waals surface area contributed by atoms with E-state index in [-0.39, 0.29) is 0 Å². The topological polar surface area (TPSA) is 63.2 Å². The van der Waals surface area contributed by atoms with Crippen LogP contribution in [0.4, 0.5) is 4.79 Å². The first-order valence-corrected chi connectivity index (χ1v) is 6.26. The maximum absolute atomic E-state index is 11.5. The second-order valence-corrected chi connectivity index (χ2v) is 3.95. The summed E-state index contributed by atoms with van der Waals surface area (Å²) in [6, 6.07) is 4.84. The molecule has 0 fully saturated rings. The highest BCUT2D eigenvalue weighted by Gasteiger charge is 2.09. The molecule has 1 rings (SSSR count). The third kappa shape index (κ3) is 5.79. The van der Waals surface area contributed by atoms with Gasteiger partial charge in [-0.2, -0.15) is 0 Å². The molecule has 0 aromatic heterocycles. The molecule has 0 radical (unpaired) electrons. The molecule has 0 spiro atoms. The van der Waals surface area contributed by atoms with Crippen molar-refractivity contribution in [1.29, 1.82) is 0 Å². The lowest BCUT2D eigenvalue weighted by atomic mass is 10.3. The number of unbranched alkanes of at least 4 members (excludes halogenated alkanes) is 1. The van der Waals surface area contributed by atoms with Gasteiger partial charge in [0.25, 0.3) is 0 Å². The van der Waals surface area contributed by atoms with Gasteiger partial charge in [-0.05, 0) is 12.8 Å². The Hall–Kier alpha value is -1.95. The Bertz CT molecular complexity index is 396. The smallest absolute Gasteiger partial charge is 0.496 e. The predicted octanol–water partition coefficient (Wildman–Crippen LogP) is 2.65. The monoisotopic (exact) mass is 284 g/mol. The van der Waals surface area contributed by atoms with Crippen LogP contribution in [0.15, 0.2) is 18.2 Å². The van der Waals surface area contributed by atoms with Crippen molar-refractivity contribution < 1.29 is 28.5 Å². The SMILES string of the molecule is COCCCCOC(=O)Oc1cc(OC)cc(OC)c1. The number of rotatable bonds is 8. The van der Waals surface area contributed by atoms with E-state index in [1.807, 2.05) is 0 Å². The van der Waals surface area contributed by atoms with Gasteiger partial charge in [-0.3, -0.25) is 0 Å². The van der Waals surface area contributed by atoms with E-state index >= 15 is 0 Å². The molecule has 20 heavy (non-hydrogen) atoms. The lowest BCUT2D eigenvalue weighted by Gasteiger charge is -2.09. The summed E-state index contributed by atoms with van der Waals surface area (Å²) in [6.07, 6.45) is 0.805. The van der Waals surface area contributed by atoms with Crippen LogP contribution in [0.5, 0.6) is 17.2 Å². The molecule has 0 heterocycles. The fourth-order valence-corrected chi connectivity index (χ4v) is 1.47. The van der Waals surface area contributed by atoms with Gasteiger partial charge < -0.3 is 23.7 Å². The minimum Gasteiger partial charge on any atom is -0.496 e. The van der Waals surface area contributed by atoms with E-state index in [0.29, 0.717) is 30.5 Å². The quantitative estimate of drug-likeness (QED) is 0.415. The van der Waals surface area contributed by atoms with Gasteiger partial charge in [0.1, 0.15) is 17.2 Å². The zero-order valence-corrected chi connectivity index (χ0v) is 12.0. The van der Waals surface area contributed by atoms with E-state index in [2.05, 4.69) is 0 Å². The average Bonchev–Trinajstić information content (AvgIpc) is 2.46. The molecular weight excluding hydrogens is 264 g/mol. The Morgan fingerprint density at radius 3 is 2.00 bits per heavy atom. The van der Waals surface area contributed by atoms with Crippen LogP contribution in [0, 0.1) is 0 Å². The third-order valence-corrected chi connectivity index (χ3v) is 2.49. The van der Waals surface area contributed by atoms with Crippen molar-refractivity contribution >= 4 is 6.16 Å². The standard InChI is InChI=1S/C14H20O6/c1-16-6-4-5-7-19-14(15)20-13-9-11(17-2)8-12(10-13)18-3/h8-10H,4-7H2,1-3H3. The molecule has 6 nitrogen and oxygen atoms in total. The molecular formula is C14H20O6. The molecule has 1 aromatic carbocycles. The van der Waals surface area contributed by atoms with E-state index in [9.17, 15) is 4.79 Å². The van der Waals surface area contributed by atoms with E-state index in [0.717, 1.165) is 12.8 Å². The Balaban J connectivity index is 2.44. The number of benzene rings is 1. The maximum Gasteiger partial charge on any atom is 0.513 e. The van der Waals surface area contributed by atoms with Gasteiger partial charge in [0.05, 0.1) is 20.8 Å². The number of carbonyl (C=O) groups excluding carboxylic acids is 1. The highest BCUT2D eigenvalue weighted by atomic mass is 16.7. The summed E-state index contributed by atoms with van der Waals surface area (Å²) in [4.78, 5) is 11.5. The fraction of sp³-hybridized carbons (Fsp3) is 0.500. The number of carbonyl (C=O) groups is 1. The normalized spacial score (nSPS) is 9.95. The first-order valence-electron chi connectivity index (χ1n) is 6.26. The highest BCUT2D eigenvalue weighted by Crippen LogP contribution is 2.27. The van der Waals surface area contributed by atoms with Crippen LogP contribution in [0.1, 0.15) is 12.8 Å². The second-order valence-electron chi connectivity index (χ2n) is 3.95. The minimum absolute atomic E-state index is 0.295. The Labute approximate surface area is 118 Å². The molecule has 0 aliphatic carbocycles. The molecule has 0 aliphatic rings. The van der Waals surface area contributed by atoms with Gasteiger partial charge in [0, 0.05) is 31.9 Å². The van der Waals surface area contributed by atoms with Gasteiger partial charge in [-0.1, -0.05) is 0 Å². The van der Waals surface area contributed by atoms with Gasteiger partial charge in [0.15, 0.2) is 0 Å². The van der Waals surface area contributed by atoms with Crippen molar-refractivity contribution in [2.45, 2.75) is 12.8 Å². The van der Waals surface area contributed by atoms with Gasteiger partial charge >= 0.3 is 6.16 Å². The Morgan fingerprint density at radius 2 is 1.45 bits per heavy atom. The summed E-state index contributed by atoms with van der Waals surface area (Å²) in [5.74, 6) is 1.38. The van der Waals surface area contributed by atoms with Crippen molar-refractivity contribution in [2.24, 2.45) is 0 Å². The Kier molecular flexibility index (Phi) is 7.27. The van der Waals surface area contributed by atoms with Crippen LogP contribution in [0.3, 0.4) is 0 Å².